The van der Waals surface area contributed by atoms with Crippen LogP contribution in [-0.2, 0) is 11.3 Å². The minimum absolute atomic E-state index is 0.160. The van der Waals surface area contributed by atoms with Crippen LogP contribution in [0.2, 0.25) is 0 Å². The van der Waals surface area contributed by atoms with E-state index in [4.69, 9.17) is 9.47 Å². The van der Waals surface area contributed by atoms with Crippen LogP contribution in [0.4, 0.5) is 4.79 Å². The van der Waals surface area contributed by atoms with Crippen LogP contribution in [0.25, 0.3) is 0 Å². The van der Waals surface area contributed by atoms with Crippen molar-refractivity contribution < 1.29 is 14.3 Å². The topological polar surface area (TPSA) is 59.6 Å². The van der Waals surface area contributed by atoms with Crippen molar-refractivity contribution in [3.63, 3.8) is 0 Å². The first-order chi connectivity index (χ1) is 9.26. The van der Waals surface area contributed by atoms with Crippen molar-refractivity contribution in [1.29, 1.82) is 0 Å². The van der Waals surface area contributed by atoms with Gasteiger partial charge in [0.2, 0.25) is 0 Å². The van der Waals surface area contributed by atoms with Crippen molar-refractivity contribution in [3.8, 4) is 5.75 Å². The van der Waals surface area contributed by atoms with Crippen LogP contribution < -0.4 is 15.4 Å². The molecule has 1 aromatic carbocycles. The number of ether oxygens (including phenoxy) is 2. The minimum Gasteiger partial charge on any atom is -0.497 e. The Kier molecular flexibility index (Phi) is 7.43. The minimum atomic E-state index is -0.160. The maximum atomic E-state index is 11.5. The van der Waals surface area contributed by atoms with Gasteiger partial charge in [0.15, 0.2) is 0 Å². The Morgan fingerprint density at radius 2 is 1.95 bits per heavy atom. The number of amides is 2. The van der Waals surface area contributed by atoms with Gasteiger partial charge < -0.3 is 20.1 Å². The standard InChI is InChI=1S/C14H22N2O3/c1-3-19-10-4-9-15-14(17)16-11-12-5-7-13(18-2)8-6-12/h5-8H,3-4,9-11H2,1-2H3,(H2,15,16,17). The summed E-state index contributed by atoms with van der Waals surface area (Å²) in [5.41, 5.74) is 1.03. The van der Waals surface area contributed by atoms with Crippen molar-refractivity contribution >= 4 is 6.03 Å². The van der Waals surface area contributed by atoms with Gasteiger partial charge in [-0.05, 0) is 31.0 Å². The molecule has 1 rings (SSSR count). The number of hydrogen-bond acceptors (Lipinski definition) is 3. The molecule has 0 aromatic heterocycles. The predicted molar refractivity (Wildman–Crippen MR) is 74.3 cm³/mol. The summed E-state index contributed by atoms with van der Waals surface area (Å²) in [5, 5.41) is 5.58. The van der Waals surface area contributed by atoms with E-state index in [-0.39, 0.29) is 6.03 Å². The highest BCUT2D eigenvalue weighted by Crippen LogP contribution is 2.10. The zero-order chi connectivity index (χ0) is 13.9. The van der Waals surface area contributed by atoms with E-state index in [1.807, 2.05) is 31.2 Å². The summed E-state index contributed by atoms with van der Waals surface area (Å²) in [5.74, 6) is 0.809. The van der Waals surface area contributed by atoms with E-state index in [1.54, 1.807) is 7.11 Å². The first-order valence-electron chi connectivity index (χ1n) is 6.48. The molecule has 0 saturated carbocycles. The largest absolute Gasteiger partial charge is 0.497 e. The molecule has 106 valence electrons. The molecule has 1 aromatic rings. The van der Waals surface area contributed by atoms with Gasteiger partial charge in [0.1, 0.15) is 5.75 Å². The molecule has 2 amide bonds. The summed E-state index contributed by atoms with van der Waals surface area (Å²) in [4.78, 5) is 11.5. The molecule has 0 heterocycles. The third-order valence-corrected chi connectivity index (χ3v) is 2.57. The van der Waals surface area contributed by atoms with Crippen molar-refractivity contribution in [3.05, 3.63) is 29.8 Å². The van der Waals surface area contributed by atoms with Gasteiger partial charge in [-0.2, -0.15) is 0 Å². The molecule has 0 aliphatic carbocycles. The number of carbonyl (C=O) groups is 1. The lowest BCUT2D eigenvalue weighted by Gasteiger charge is -2.08. The molecule has 0 unspecified atom stereocenters. The Bertz CT molecular complexity index is 365. The summed E-state index contributed by atoms with van der Waals surface area (Å²) < 4.78 is 10.3. The van der Waals surface area contributed by atoms with Gasteiger partial charge >= 0.3 is 6.03 Å². The normalized spacial score (nSPS) is 10.0. The van der Waals surface area contributed by atoms with Crippen molar-refractivity contribution in [2.75, 3.05) is 26.9 Å². The molecule has 0 spiro atoms. The zero-order valence-corrected chi connectivity index (χ0v) is 11.6. The number of methoxy groups -OCH3 is 1. The lowest BCUT2D eigenvalue weighted by atomic mass is 10.2. The van der Waals surface area contributed by atoms with Crippen LogP contribution in [0.1, 0.15) is 18.9 Å². The van der Waals surface area contributed by atoms with Crippen LogP contribution in [0.5, 0.6) is 5.75 Å². The van der Waals surface area contributed by atoms with E-state index in [2.05, 4.69) is 10.6 Å². The fourth-order valence-electron chi connectivity index (χ4n) is 1.51. The van der Waals surface area contributed by atoms with Gasteiger partial charge in [-0.3, -0.25) is 0 Å². The Morgan fingerprint density at radius 3 is 2.58 bits per heavy atom. The summed E-state index contributed by atoms with van der Waals surface area (Å²) in [6, 6.07) is 7.43. The molecule has 2 N–H and O–H groups in total. The number of benzene rings is 1. The third-order valence-electron chi connectivity index (χ3n) is 2.57. The number of urea groups is 1. The number of nitrogens with one attached hydrogen (secondary N) is 2. The Balaban J connectivity index is 2.15. The Labute approximate surface area is 114 Å². The van der Waals surface area contributed by atoms with Crippen molar-refractivity contribution in [2.24, 2.45) is 0 Å². The second kappa shape index (κ2) is 9.22. The van der Waals surface area contributed by atoms with Gasteiger partial charge in [-0.1, -0.05) is 12.1 Å². The van der Waals surface area contributed by atoms with Crippen molar-refractivity contribution in [1.82, 2.24) is 10.6 Å². The van der Waals surface area contributed by atoms with Gasteiger partial charge in [0.05, 0.1) is 7.11 Å². The Morgan fingerprint density at radius 1 is 1.21 bits per heavy atom. The average Bonchev–Trinajstić information content (AvgIpc) is 2.45. The molecular formula is C14H22N2O3. The van der Waals surface area contributed by atoms with Gasteiger partial charge in [0, 0.05) is 26.3 Å². The van der Waals surface area contributed by atoms with E-state index >= 15 is 0 Å². The molecule has 5 nitrogen and oxygen atoms in total. The summed E-state index contributed by atoms with van der Waals surface area (Å²) >= 11 is 0. The lowest BCUT2D eigenvalue weighted by Crippen LogP contribution is -2.35. The monoisotopic (exact) mass is 266 g/mol. The summed E-state index contributed by atoms with van der Waals surface area (Å²) in [7, 11) is 1.63. The van der Waals surface area contributed by atoms with E-state index in [1.165, 1.54) is 0 Å². The van der Waals surface area contributed by atoms with E-state index in [0.29, 0.717) is 26.3 Å². The summed E-state index contributed by atoms with van der Waals surface area (Å²) in [6.07, 6.45) is 0.823. The van der Waals surface area contributed by atoms with Crippen LogP contribution in [0.15, 0.2) is 24.3 Å². The predicted octanol–water partition coefficient (Wildman–Crippen LogP) is 1.92. The van der Waals surface area contributed by atoms with Gasteiger partial charge in [-0.25, -0.2) is 4.79 Å². The lowest BCUT2D eigenvalue weighted by molar-refractivity contribution is 0.145. The van der Waals surface area contributed by atoms with Crippen molar-refractivity contribution in [2.45, 2.75) is 19.9 Å². The average molecular weight is 266 g/mol. The van der Waals surface area contributed by atoms with Gasteiger partial charge in [0.25, 0.3) is 0 Å². The number of carbonyl (C=O) groups excluding carboxylic acids is 1. The maximum Gasteiger partial charge on any atom is 0.315 e. The third kappa shape index (κ3) is 6.67. The first kappa shape index (κ1) is 15.3. The molecule has 5 heteroatoms. The molecule has 0 atom stereocenters. The first-order valence-corrected chi connectivity index (χ1v) is 6.48. The van der Waals surface area contributed by atoms with Crippen LogP contribution in [-0.4, -0.2) is 32.9 Å². The molecule has 19 heavy (non-hydrogen) atoms. The highest BCUT2D eigenvalue weighted by molar-refractivity contribution is 5.73. The Hall–Kier alpha value is -1.75. The van der Waals surface area contributed by atoms with Crippen LogP contribution in [0, 0.1) is 0 Å². The molecule has 0 fully saturated rings. The molecule has 0 aliphatic heterocycles. The number of rotatable bonds is 8. The highest BCUT2D eigenvalue weighted by atomic mass is 16.5. The molecule has 0 bridgehead atoms. The smallest absolute Gasteiger partial charge is 0.315 e. The fourth-order valence-corrected chi connectivity index (χ4v) is 1.51. The fraction of sp³-hybridized carbons (Fsp3) is 0.500. The molecule has 0 aliphatic rings. The van der Waals surface area contributed by atoms with E-state index in [0.717, 1.165) is 17.7 Å². The second-order valence-corrected chi connectivity index (χ2v) is 4.01. The maximum absolute atomic E-state index is 11.5. The molecular weight excluding hydrogens is 244 g/mol. The van der Waals surface area contributed by atoms with E-state index < -0.39 is 0 Å². The van der Waals surface area contributed by atoms with Gasteiger partial charge in [-0.15, -0.1) is 0 Å². The zero-order valence-electron chi connectivity index (χ0n) is 11.6. The van der Waals surface area contributed by atoms with E-state index in [9.17, 15) is 4.79 Å². The quantitative estimate of drug-likeness (QED) is 0.707. The SMILES string of the molecule is CCOCCCNC(=O)NCc1ccc(OC)cc1. The number of hydrogen-bond donors (Lipinski definition) is 2. The van der Waals surface area contributed by atoms with Crippen LogP contribution in [0.3, 0.4) is 0 Å². The van der Waals surface area contributed by atoms with Crippen LogP contribution >= 0.6 is 0 Å². The molecule has 0 saturated heterocycles. The second-order valence-electron chi connectivity index (χ2n) is 4.01. The highest BCUT2D eigenvalue weighted by Gasteiger charge is 2.00. The molecule has 0 radical (unpaired) electrons. The summed E-state index contributed by atoms with van der Waals surface area (Å²) in [6.45, 7) is 4.46.